The van der Waals surface area contributed by atoms with Crippen LogP contribution < -0.4 is 16.4 Å². The molecule has 0 rings (SSSR count). The first-order valence-corrected chi connectivity index (χ1v) is 6.20. The third kappa shape index (κ3) is 9.82. The van der Waals surface area contributed by atoms with E-state index in [1.807, 2.05) is 13.0 Å². The fraction of sp³-hybridized carbons (Fsp3) is 0.692. The maximum Gasteiger partial charge on any atom is 0.218 e. The van der Waals surface area contributed by atoms with Crippen LogP contribution in [0.4, 0.5) is 0 Å². The van der Waals surface area contributed by atoms with Crippen molar-refractivity contribution in [2.24, 2.45) is 5.73 Å². The van der Waals surface area contributed by atoms with E-state index in [2.05, 4.69) is 22.9 Å². The molecule has 0 aromatic carbocycles. The smallest absolute Gasteiger partial charge is 0.218 e. The molecule has 0 aliphatic carbocycles. The summed E-state index contributed by atoms with van der Waals surface area (Å²) in [4.78, 5) is 10.9. The highest BCUT2D eigenvalue weighted by atomic mass is 16.1. The number of amides is 1. The molecule has 0 radical (unpaired) electrons. The summed E-state index contributed by atoms with van der Waals surface area (Å²) in [6, 6.07) is 0.173. The predicted molar refractivity (Wildman–Crippen MR) is 71.4 cm³/mol. The second-order valence-electron chi connectivity index (χ2n) is 4.16. The summed E-state index contributed by atoms with van der Waals surface area (Å²) >= 11 is 0. The van der Waals surface area contributed by atoms with Gasteiger partial charge in [0.2, 0.25) is 5.91 Å². The van der Waals surface area contributed by atoms with Crippen LogP contribution in [0.5, 0.6) is 0 Å². The second kappa shape index (κ2) is 10.1. The van der Waals surface area contributed by atoms with E-state index in [9.17, 15) is 4.79 Å². The summed E-state index contributed by atoms with van der Waals surface area (Å²) in [5.74, 6) is -0.00262. The van der Waals surface area contributed by atoms with Crippen LogP contribution in [0.2, 0.25) is 0 Å². The van der Waals surface area contributed by atoms with Crippen LogP contribution in [-0.2, 0) is 4.79 Å². The molecule has 1 amide bonds. The van der Waals surface area contributed by atoms with Crippen LogP contribution >= 0.6 is 0 Å². The summed E-state index contributed by atoms with van der Waals surface area (Å²) in [5, 5.41) is 6.13. The van der Waals surface area contributed by atoms with Gasteiger partial charge in [-0.25, -0.2) is 0 Å². The number of carbonyl (C=O) groups excluding carboxylic acids is 1. The Labute approximate surface area is 104 Å². The molecule has 0 saturated carbocycles. The topological polar surface area (TPSA) is 67.2 Å². The monoisotopic (exact) mass is 239 g/mol. The lowest BCUT2D eigenvalue weighted by molar-refractivity contribution is -0.119. The quantitative estimate of drug-likeness (QED) is 0.323. The molecule has 98 valence electrons. The lowest BCUT2D eigenvalue weighted by Crippen LogP contribution is -2.44. The predicted octanol–water partition coefficient (Wildman–Crippen LogP) is 1.29. The SMILES string of the molecule is C=C=CCC(N)CCCNC(CC)NC(C)=O. The molecule has 0 spiro atoms. The largest absolute Gasteiger partial charge is 0.341 e. The van der Waals surface area contributed by atoms with E-state index >= 15 is 0 Å². The Kier molecular flexibility index (Phi) is 9.44. The number of hydrogen-bond donors (Lipinski definition) is 3. The van der Waals surface area contributed by atoms with E-state index in [-0.39, 0.29) is 18.1 Å². The lowest BCUT2D eigenvalue weighted by Gasteiger charge is -2.18. The number of nitrogens with one attached hydrogen (secondary N) is 2. The highest BCUT2D eigenvalue weighted by Gasteiger charge is 2.06. The van der Waals surface area contributed by atoms with Crippen LogP contribution in [0.25, 0.3) is 0 Å². The average molecular weight is 239 g/mol. The van der Waals surface area contributed by atoms with Gasteiger partial charge in [-0.15, -0.1) is 5.73 Å². The summed E-state index contributed by atoms with van der Waals surface area (Å²) in [6.45, 7) is 7.93. The Balaban J connectivity index is 3.60. The third-order valence-electron chi connectivity index (χ3n) is 2.49. The molecule has 4 nitrogen and oxygen atoms in total. The van der Waals surface area contributed by atoms with Crippen molar-refractivity contribution in [1.82, 2.24) is 10.6 Å². The molecule has 0 heterocycles. The number of hydrogen-bond acceptors (Lipinski definition) is 3. The summed E-state index contributed by atoms with van der Waals surface area (Å²) in [6.07, 6.45) is 5.60. The molecule has 0 saturated heterocycles. The third-order valence-corrected chi connectivity index (χ3v) is 2.49. The molecular formula is C13H25N3O. The fourth-order valence-electron chi connectivity index (χ4n) is 1.54. The Morgan fingerprint density at radius 1 is 1.59 bits per heavy atom. The minimum Gasteiger partial charge on any atom is -0.341 e. The van der Waals surface area contributed by atoms with Crippen molar-refractivity contribution in [3.05, 3.63) is 18.4 Å². The van der Waals surface area contributed by atoms with E-state index in [0.29, 0.717) is 0 Å². The minimum absolute atomic E-state index is 0.00262. The van der Waals surface area contributed by atoms with Crippen molar-refractivity contribution in [1.29, 1.82) is 0 Å². The maximum absolute atomic E-state index is 10.9. The molecule has 0 bridgehead atoms. The van der Waals surface area contributed by atoms with Gasteiger partial charge in [0.1, 0.15) is 0 Å². The van der Waals surface area contributed by atoms with Crippen molar-refractivity contribution in [3.63, 3.8) is 0 Å². The van der Waals surface area contributed by atoms with E-state index in [1.54, 1.807) is 0 Å². The van der Waals surface area contributed by atoms with Crippen LogP contribution in [0.1, 0.15) is 39.5 Å². The molecule has 0 aromatic heterocycles. The highest BCUT2D eigenvalue weighted by Crippen LogP contribution is 1.99. The van der Waals surface area contributed by atoms with E-state index in [0.717, 1.165) is 32.2 Å². The summed E-state index contributed by atoms with van der Waals surface area (Å²) in [5.41, 5.74) is 8.61. The van der Waals surface area contributed by atoms with Crippen LogP contribution in [0.15, 0.2) is 18.4 Å². The van der Waals surface area contributed by atoms with Gasteiger partial charge in [-0.05, 0) is 38.3 Å². The van der Waals surface area contributed by atoms with Crippen molar-refractivity contribution in [2.45, 2.75) is 51.7 Å². The van der Waals surface area contributed by atoms with Gasteiger partial charge in [-0.2, -0.15) is 0 Å². The number of rotatable bonds is 9. The van der Waals surface area contributed by atoms with Gasteiger partial charge in [0, 0.05) is 13.0 Å². The molecule has 0 aromatic rings. The minimum atomic E-state index is -0.00262. The van der Waals surface area contributed by atoms with E-state index in [1.165, 1.54) is 6.92 Å². The number of nitrogens with two attached hydrogens (primary N) is 1. The Morgan fingerprint density at radius 3 is 2.82 bits per heavy atom. The standard InChI is InChI=1S/C13H25N3O/c1-4-6-8-12(14)9-7-10-15-13(5-2)16-11(3)17/h6,12-13,15H,1,5,7-10,14H2,2-3H3,(H,16,17). The zero-order chi connectivity index (χ0) is 13.1. The van der Waals surface area contributed by atoms with E-state index in [4.69, 9.17) is 5.73 Å². The highest BCUT2D eigenvalue weighted by molar-refractivity contribution is 5.73. The average Bonchev–Trinajstić information content (AvgIpc) is 2.29. The zero-order valence-corrected chi connectivity index (χ0v) is 11.0. The lowest BCUT2D eigenvalue weighted by atomic mass is 10.1. The molecule has 4 heteroatoms. The van der Waals surface area contributed by atoms with Gasteiger partial charge in [0.05, 0.1) is 6.17 Å². The van der Waals surface area contributed by atoms with Crippen molar-refractivity contribution in [3.8, 4) is 0 Å². The second-order valence-corrected chi connectivity index (χ2v) is 4.16. The first kappa shape index (κ1) is 15.9. The van der Waals surface area contributed by atoms with Crippen molar-refractivity contribution in [2.75, 3.05) is 6.54 Å². The first-order valence-electron chi connectivity index (χ1n) is 6.20. The van der Waals surface area contributed by atoms with Gasteiger partial charge in [0.15, 0.2) is 0 Å². The molecule has 0 fully saturated rings. The van der Waals surface area contributed by atoms with Gasteiger partial charge in [0.25, 0.3) is 0 Å². The van der Waals surface area contributed by atoms with Crippen LogP contribution in [0.3, 0.4) is 0 Å². The summed E-state index contributed by atoms with van der Waals surface area (Å²) in [7, 11) is 0. The molecule has 0 aliphatic heterocycles. The molecule has 2 unspecified atom stereocenters. The fourth-order valence-corrected chi connectivity index (χ4v) is 1.54. The van der Waals surface area contributed by atoms with Gasteiger partial charge in [-0.1, -0.05) is 13.5 Å². The van der Waals surface area contributed by atoms with Crippen molar-refractivity contribution < 1.29 is 4.79 Å². The zero-order valence-electron chi connectivity index (χ0n) is 11.0. The first-order chi connectivity index (χ1) is 8.10. The normalized spacial score (nSPS) is 13.6. The Hall–Kier alpha value is -1.09. The van der Waals surface area contributed by atoms with Crippen LogP contribution in [-0.4, -0.2) is 24.7 Å². The maximum atomic E-state index is 10.9. The van der Waals surface area contributed by atoms with Gasteiger partial charge < -0.3 is 11.1 Å². The molecule has 17 heavy (non-hydrogen) atoms. The molecule has 0 aliphatic rings. The Morgan fingerprint density at radius 2 is 2.29 bits per heavy atom. The molecule has 2 atom stereocenters. The molecular weight excluding hydrogens is 214 g/mol. The molecule has 4 N–H and O–H groups in total. The summed E-state index contributed by atoms with van der Waals surface area (Å²) < 4.78 is 0. The number of carbonyl (C=O) groups is 1. The van der Waals surface area contributed by atoms with Crippen molar-refractivity contribution >= 4 is 5.91 Å². The van der Waals surface area contributed by atoms with E-state index < -0.39 is 0 Å². The van der Waals surface area contributed by atoms with Gasteiger partial charge in [-0.3, -0.25) is 10.1 Å². The van der Waals surface area contributed by atoms with Gasteiger partial charge >= 0.3 is 0 Å². The Bertz CT molecular complexity index is 259. The van der Waals surface area contributed by atoms with Crippen LogP contribution in [0, 0.1) is 0 Å².